The second-order valence-electron chi connectivity index (χ2n) is 7.06. The molecule has 0 bridgehead atoms. The smallest absolute Gasteiger partial charge is 0.251 e. The zero-order chi connectivity index (χ0) is 21.8. The molecule has 0 heterocycles. The molecule has 0 radical (unpaired) electrons. The minimum absolute atomic E-state index is 0.0794. The van der Waals surface area contributed by atoms with E-state index in [0.29, 0.717) is 24.3 Å². The molecule has 0 saturated heterocycles. The van der Waals surface area contributed by atoms with E-state index >= 15 is 0 Å². The van der Waals surface area contributed by atoms with Crippen molar-refractivity contribution in [3.8, 4) is 5.75 Å². The van der Waals surface area contributed by atoms with Gasteiger partial charge in [-0.3, -0.25) is 14.4 Å². The number of benzene rings is 2. The summed E-state index contributed by atoms with van der Waals surface area (Å²) in [4.78, 5) is 36.1. The number of ether oxygens (including phenoxy) is 1. The van der Waals surface area contributed by atoms with Crippen LogP contribution in [0.4, 0.5) is 0 Å². The predicted molar refractivity (Wildman–Crippen MR) is 117 cm³/mol. The number of hydrogen-bond donors (Lipinski definition) is 2. The van der Waals surface area contributed by atoms with Gasteiger partial charge < -0.3 is 15.4 Å². The number of ketones is 1. The van der Waals surface area contributed by atoms with Crippen LogP contribution in [-0.2, 0) is 11.3 Å². The third-order valence-corrected chi connectivity index (χ3v) is 4.68. The number of carbonyl (C=O) groups is 3. The highest BCUT2D eigenvalue weighted by molar-refractivity contribution is 5.98. The van der Waals surface area contributed by atoms with E-state index in [1.54, 1.807) is 49.5 Å². The van der Waals surface area contributed by atoms with Crippen LogP contribution in [0.2, 0.25) is 0 Å². The molecule has 6 heteroatoms. The van der Waals surface area contributed by atoms with Gasteiger partial charge in [-0.2, -0.15) is 0 Å². The molecule has 0 spiro atoms. The van der Waals surface area contributed by atoms with Crippen molar-refractivity contribution < 1.29 is 19.1 Å². The fourth-order valence-corrected chi connectivity index (χ4v) is 2.91. The van der Waals surface area contributed by atoms with Crippen LogP contribution in [0.1, 0.15) is 65.3 Å². The second kappa shape index (κ2) is 12.4. The molecule has 2 rings (SSSR count). The van der Waals surface area contributed by atoms with Crippen LogP contribution < -0.4 is 15.4 Å². The molecule has 2 N–H and O–H groups in total. The average Bonchev–Trinajstić information content (AvgIpc) is 2.79. The van der Waals surface area contributed by atoms with Gasteiger partial charge in [0.1, 0.15) is 5.75 Å². The molecular weight excluding hydrogens is 380 g/mol. The number of nitrogens with one attached hydrogen (secondary N) is 2. The van der Waals surface area contributed by atoms with Crippen LogP contribution in [0.15, 0.2) is 48.5 Å². The van der Waals surface area contributed by atoms with Crippen molar-refractivity contribution in [2.75, 3.05) is 13.7 Å². The minimum atomic E-state index is -0.204. The van der Waals surface area contributed by atoms with Crippen molar-refractivity contribution in [3.05, 3.63) is 65.2 Å². The monoisotopic (exact) mass is 410 g/mol. The summed E-state index contributed by atoms with van der Waals surface area (Å²) in [6.45, 7) is 3.13. The molecular formula is C24H30N2O4. The van der Waals surface area contributed by atoms with E-state index < -0.39 is 0 Å². The number of amides is 2. The summed E-state index contributed by atoms with van der Waals surface area (Å²) >= 11 is 0. The van der Waals surface area contributed by atoms with Crippen LogP contribution in [0, 0.1) is 0 Å². The van der Waals surface area contributed by atoms with E-state index in [2.05, 4.69) is 17.6 Å². The van der Waals surface area contributed by atoms with Crippen molar-refractivity contribution in [2.24, 2.45) is 0 Å². The molecule has 0 aliphatic heterocycles. The Hall–Kier alpha value is -3.15. The van der Waals surface area contributed by atoms with Gasteiger partial charge in [0.15, 0.2) is 5.78 Å². The Labute approximate surface area is 178 Å². The van der Waals surface area contributed by atoms with Crippen molar-refractivity contribution in [1.29, 1.82) is 0 Å². The van der Waals surface area contributed by atoms with Crippen molar-refractivity contribution in [1.82, 2.24) is 10.6 Å². The Morgan fingerprint density at radius 2 is 1.70 bits per heavy atom. The SMILES string of the molecule is CCCCCOc1ccc(C(=O)CCC(=O)NCc2cccc(C(=O)NC)c2)cc1. The molecule has 0 fully saturated rings. The van der Waals surface area contributed by atoms with E-state index in [9.17, 15) is 14.4 Å². The highest BCUT2D eigenvalue weighted by atomic mass is 16.5. The normalized spacial score (nSPS) is 10.3. The molecule has 0 aromatic heterocycles. The Kier molecular flexibility index (Phi) is 9.58. The first kappa shape index (κ1) is 23.1. The van der Waals surface area contributed by atoms with Gasteiger partial charge in [0.25, 0.3) is 5.91 Å². The summed E-state index contributed by atoms with van der Waals surface area (Å²) in [5.74, 6) is 0.291. The zero-order valence-corrected chi connectivity index (χ0v) is 17.7. The molecule has 0 aliphatic rings. The molecule has 30 heavy (non-hydrogen) atoms. The number of Topliss-reactive ketones (excluding diaryl/α,β-unsaturated/α-hetero) is 1. The molecule has 0 unspecified atom stereocenters. The lowest BCUT2D eigenvalue weighted by molar-refractivity contribution is -0.121. The second-order valence-corrected chi connectivity index (χ2v) is 7.06. The minimum Gasteiger partial charge on any atom is -0.494 e. The van der Waals surface area contributed by atoms with Gasteiger partial charge in [0, 0.05) is 37.6 Å². The molecule has 0 saturated carbocycles. The zero-order valence-electron chi connectivity index (χ0n) is 17.7. The van der Waals surface area contributed by atoms with Gasteiger partial charge in [-0.15, -0.1) is 0 Å². The fraction of sp³-hybridized carbons (Fsp3) is 0.375. The molecule has 6 nitrogen and oxygen atoms in total. The van der Waals surface area contributed by atoms with E-state index in [1.807, 2.05) is 6.07 Å². The van der Waals surface area contributed by atoms with Crippen LogP contribution in [0.3, 0.4) is 0 Å². The predicted octanol–water partition coefficient (Wildman–Crippen LogP) is 3.89. The summed E-state index contributed by atoms with van der Waals surface area (Å²) in [6, 6.07) is 14.1. The van der Waals surface area contributed by atoms with Gasteiger partial charge >= 0.3 is 0 Å². The first-order valence-corrected chi connectivity index (χ1v) is 10.4. The number of carbonyl (C=O) groups excluding carboxylic acids is 3. The molecule has 2 aromatic carbocycles. The first-order valence-electron chi connectivity index (χ1n) is 10.4. The average molecular weight is 411 g/mol. The lowest BCUT2D eigenvalue weighted by Crippen LogP contribution is -2.24. The largest absolute Gasteiger partial charge is 0.494 e. The van der Waals surface area contributed by atoms with Crippen LogP contribution >= 0.6 is 0 Å². The van der Waals surface area contributed by atoms with Crippen molar-refractivity contribution in [2.45, 2.75) is 45.6 Å². The molecule has 0 aliphatic carbocycles. The van der Waals surface area contributed by atoms with Crippen LogP contribution in [-0.4, -0.2) is 31.3 Å². The third-order valence-electron chi connectivity index (χ3n) is 4.68. The Balaban J connectivity index is 1.75. The van der Waals surface area contributed by atoms with E-state index in [-0.39, 0.29) is 30.4 Å². The number of rotatable bonds is 12. The first-order chi connectivity index (χ1) is 14.5. The topological polar surface area (TPSA) is 84.5 Å². The summed E-state index contributed by atoms with van der Waals surface area (Å²) in [5.41, 5.74) is 1.93. The van der Waals surface area contributed by atoms with Crippen molar-refractivity contribution in [3.63, 3.8) is 0 Å². The van der Waals surface area contributed by atoms with E-state index in [0.717, 1.165) is 30.6 Å². The standard InChI is InChI=1S/C24H30N2O4/c1-3-4-5-15-30-21-11-9-19(10-12-21)22(27)13-14-23(28)26-17-18-7-6-8-20(16-18)24(29)25-2/h6-12,16H,3-5,13-15,17H2,1-2H3,(H,25,29)(H,26,28). The lowest BCUT2D eigenvalue weighted by atomic mass is 10.1. The molecule has 2 amide bonds. The Bertz CT molecular complexity index is 847. The number of unbranched alkanes of at least 4 members (excludes halogenated alkanes) is 2. The molecule has 160 valence electrons. The van der Waals surface area contributed by atoms with Gasteiger partial charge in [-0.05, 0) is 48.4 Å². The summed E-state index contributed by atoms with van der Waals surface area (Å²) in [5, 5.41) is 5.36. The fourth-order valence-electron chi connectivity index (χ4n) is 2.91. The lowest BCUT2D eigenvalue weighted by Gasteiger charge is -2.08. The Morgan fingerprint density at radius 3 is 2.40 bits per heavy atom. The van der Waals surface area contributed by atoms with Gasteiger partial charge in [-0.1, -0.05) is 31.9 Å². The van der Waals surface area contributed by atoms with E-state index in [1.165, 1.54) is 0 Å². The summed E-state index contributed by atoms with van der Waals surface area (Å²) in [6.07, 6.45) is 3.55. The van der Waals surface area contributed by atoms with Crippen LogP contribution in [0.25, 0.3) is 0 Å². The maximum absolute atomic E-state index is 12.3. The Morgan fingerprint density at radius 1 is 0.933 bits per heavy atom. The van der Waals surface area contributed by atoms with Gasteiger partial charge in [0.05, 0.1) is 6.61 Å². The maximum atomic E-state index is 12.3. The highest BCUT2D eigenvalue weighted by Gasteiger charge is 2.10. The van der Waals surface area contributed by atoms with Gasteiger partial charge in [-0.25, -0.2) is 0 Å². The maximum Gasteiger partial charge on any atom is 0.251 e. The van der Waals surface area contributed by atoms with Crippen molar-refractivity contribution >= 4 is 17.6 Å². The van der Waals surface area contributed by atoms with E-state index in [4.69, 9.17) is 4.74 Å². The molecule has 0 atom stereocenters. The van der Waals surface area contributed by atoms with Gasteiger partial charge in [0.2, 0.25) is 5.91 Å². The molecule has 2 aromatic rings. The third kappa shape index (κ3) is 7.70. The van der Waals surface area contributed by atoms with Crippen LogP contribution in [0.5, 0.6) is 5.75 Å². The number of hydrogen-bond acceptors (Lipinski definition) is 4. The summed E-state index contributed by atoms with van der Waals surface area (Å²) in [7, 11) is 1.57. The highest BCUT2D eigenvalue weighted by Crippen LogP contribution is 2.15. The summed E-state index contributed by atoms with van der Waals surface area (Å²) < 4.78 is 5.64. The quantitative estimate of drug-likeness (QED) is 0.411.